The van der Waals surface area contributed by atoms with Crippen LogP contribution in [0.25, 0.3) is 0 Å². The van der Waals surface area contributed by atoms with Crippen LogP contribution in [-0.2, 0) is 0 Å². The minimum atomic E-state index is 0.544. The molecule has 0 amide bonds. The van der Waals surface area contributed by atoms with E-state index in [0.717, 1.165) is 12.5 Å². The third-order valence-corrected chi connectivity index (χ3v) is 3.87. The Kier molecular flexibility index (Phi) is 2.89. The van der Waals surface area contributed by atoms with Gasteiger partial charge in [-0.05, 0) is 51.2 Å². The van der Waals surface area contributed by atoms with Gasteiger partial charge in [0.2, 0.25) is 0 Å². The lowest BCUT2D eigenvalue weighted by Crippen LogP contribution is -2.46. The fourth-order valence-electron chi connectivity index (χ4n) is 3.15. The van der Waals surface area contributed by atoms with Gasteiger partial charge in [0, 0.05) is 5.54 Å². The van der Waals surface area contributed by atoms with Crippen LogP contribution in [0, 0.1) is 5.92 Å². The second kappa shape index (κ2) is 3.97. The molecule has 2 rings (SSSR count). The van der Waals surface area contributed by atoms with Crippen molar-refractivity contribution in [2.75, 3.05) is 19.6 Å². The van der Waals surface area contributed by atoms with Gasteiger partial charge in [-0.3, -0.25) is 0 Å². The zero-order chi connectivity index (χ0) is 9.15. The zero-order valence-corrected chi connectivity index (χ0v) is 8.73. The Bertz CT molecular complexity index is 156. The van der Waals surface area contributed by atoms with Crippen molar-refractivity contribution in [2.24, 2.45) is 5.92 Å². The number of hydrogen-bond acceptors (Lipinski definition) is 2. The summed E-state index contributed by atoms with van der Waals surface area (Å²) < 4.78 is 0. The predicted octanol–water partition coefficient (Wildman–Crippen LogP) is 1.52. The molecule has 2 heteroatoms. The summed E-state index contributed by atoms with van der Waals surface area (Å²) in [5, 5.41) is 7.25. The van der Waals surface area contributed by atoms with Gasteiger partial charge in [-0.1, -0.05) is 13.3 Å². The summed E-state index contributed by atoms with van der Waals surface area (Å²) in [6.45, 7) is 5.79. The molecule has 1 spiro atoms. The van der Waals surface area contributed by atoms with Gasteiger partial charge in [0.25, 0.3) is 0 Å². The van der Waals surface area contributed by atoms with Gasteiger partial charge in [0.1, 0.15) is 0 Å². The van der Waals surface area contributed by atoms with E-state index in [-0.39, 0.29) is 0 Å². The van der Waals surface area contributed by atoms with E-state index >= 15 is 0 Å². The fraction of sp³-hybridized carbons (Fsp3) is 1.00. The first-order valence-electron chi connectivity index (χ1n) is 5.83. The van der Waals surface area contributed by atoms with Crippen LogP contribution in [-0.4, -0.2) is 25.2 Å². The Hall–Kier alpha value is -0.0800. The highest BCUT2D eigenvalue weighted by Crippen LogP contribution is 2.41. The first-order valence-corrected chi connectivity index (χ1v) is 5.83. The molecule has 0 radical (unpaired) electrons. The fourth-order valence-corrected chi connectivity index (χ4v) is 3.15. The van der Waals surface area contributed by atoms with Crippen LogP contribution in [0.15, 0.2) is 0 Å². The van der Waals surface area contributed by atoms with E-state index in [9.17, 15) is 0 Å². The molecule has 2 atom stereocenters. The van der Waals surface area contributed by atoms with Crippen molar-refractivity contribution in [3.05, 3.63) is 0 Å². The SMILES string of the molecule is CCNC[C@H]1CCC[C@]12CCCN2. The van der Waals surface area contributed by atoms with Crippen LogP contribution in [0.5, 0.6) is 0 Å². The minimum absolute atomic E-state index is 0.544. The summed E-state index contributed by atoms with van der Waals surface area (Å²) in [5.74, 6) is 0.898. The summed E-state index contributed by atoms with van der Waals surface area (Å²) in [4.78, 5) is 0. The number of hydrogen-bond donors (Lipinski definition) is 2. The summed E-state index contributed by atoms with van der Waals surface area (Å²) in [6, 6.07) is 0. The zero-order valence-electron chi connectivity index (χ0n) is 8.73. The Balaban J connectivity index is 1.93. The van der Waals surface area contributed by atoms with Crippen molar-refractivity contribution >= 4 is 0 Å². The maximum absolute atomic E-state index is 3.75. The van der Waals surface area contributed by atoms with E-state index in [1.807, 2.05) is 0 Å². The summed E-state index contributed by atoms with van der Waals surface area (Å²) in [6.07, 6.45) is 7.10. The van der Waals surface area contributed by atoms with Gasteiger partial charge in [0.15, 0.2) is 0 Å². The van der Waals surface area contributed by atoms with Gasteiger partial charge in [0.05, 0.1) is 0 Å². The molecule has 1 aliphatic heterocycles. The molecule has 0 aromatic carbocycles. The molecule has 2 N–H and O–H groups in total. The maximum atomic E-state index is 3.75. The first-order chi connectivity index (χ1) is 6.37. The average Bonchev–Trinajstić information content (AvgIpc) is 2.75. The largest absolute Gasteiger partial charge is 0.317 e. The molecule has 0 aromatic heterocycles. The van der Waals surface area contributed by atoms with Crippen molar-refractivity contribution in [1.82, 2.24) is 10.6 Å². The highest BCUT2D eigenvalue weighted by atomic mass is 15.0. The minimum Gasteiger partial charge on any atom is -0.317 e. The predicted molar refractivity (Wildman–Crippen MR) is 55.9 cm³/mol. The van der Waals surface area contributed by atoms with Crippen molar-refractivity contribution in [3.8, 4) is 0 Å². The molecule has 2 aliphatic rings. The van der Waals surface area contributed by atoms with E-state index in [0.29, 0.717) is 5.54 Å². The van der Waals surface area contributed by atoms with Crippen LogP contribution in [0.2, 0.25) is 0 Å². The van der Waals surface area contributed by atoms with Crippen LogP contribution in [0.1, 0.15) is 39.0 Å². The molecule has 13 heavy (non-hydrogen) atoms. The lowest BCUT2D eigenvalue weighted by atomic mass is 9.85. The molecule has 1 saturated carbocycles. The first kappa shape index (κ1) is 9.47. The Morgan fingerprint density at radius 3 is 2.92 bits per heavy atom. The molecule has 0 unspecified atom stereocenters. The Morgan fingerprint density at radius 1 is 1.38 bits per heavy atom. The Labute approximate surface area is 81.5 Å². The highest BCUT2D eigenvalue weighted by molar-refractivity contribution is 5.02. The van der Waals surface area contributed by atoms with Crippen LogP contribution in [0.4, 0.5) is 0 Å². The van der Waals surface area contributed by atoms with Gasteiger partial charge in [-0.2, -0.15) is 0 Å². The highest BCUT2D eigenvalue weighted by Gasteiger charge is 2.43. The second-order valence-electron chi connectivity index (χ2n) is 4.58. The summed E-state index contributed by atoms with van der Waals surface area (Å²) >= 11 is 0. The standard InChI is InChI=1S/C11H22N2/c1-2-12-9-10-5-3-6-11(10)7-4-8-13-11/h10,12-13H,2-9H2,1H3/t10-,11+/m1/s1. The third kappa shape index (κ3) is 1.75. The van der Waals surface area contributed by atoms with E-state index in [1.165, 1.54) is 45.2 Å². The van der Waals surface area contributed by atoms with E-state index in [2.05, 4.69) is 17.6 Å². The Morgan fingerprint density at radius 2 is 2.23 bits per heavy atom. The van der Waals surface area contributed by atoms with Crippen LogP contribution < -0.4 is 10.6 Å². The van der Waals surface area contributed by atoms with E-state index < -0.39 is 0 Å². The molecular formula is C11H22N2. The van der Waals surface area contributed by atoms with Crippen LogP contribution in [0.3, 0.4) is 0 Å². The lowest BCUT2D eigenvalue weighted by Gasteiger charge is -2.31. The van der Waals surface area contributed by atoms with Gasteiger partial charge >= 0.3 is 0 Å². The average molecular weight is 182 g/mol. The molecule has 1 saturated heterocycles. The van der Waals surface area contributed by atoms with Gasteiger partial charge < -0.3 is 10.6 Å². The molecule has 1 aliphatic carbocycles. The van der Waals surface area contributed by atoms with Crippen LogP contribution >= 0.6 is 0 Å². The van der Waals surface area contributed by atoms with Crippen molar-refractivity contribution in [1.29, 1.82) is 0 Å². The molecule has 2 fully saturated rings. The number of rotatable bonds is 3. The lowest BCUT2D eigenvalue weighted by molar-refractivity contribution is 0.272. The van der Waals surface area contributed by atoms with Crippen molar-refractivity contribution < 1.29 is 0 Å². The quantitative estimate of drug-likeness (QED) is 0.691. The van der Waals surface area contributed by atoms with E-state index in [1.54, 1.807) is 0 Å². The third-order valence-electron chi connectivity index (χ3n) is 3.87. The molecule has 0 aromatic rings. The topological polar surface area (TPSA) is 24.1 Å². The maximum Gasteiger partial charge on any atom is 0.0222 e. The normalized spacial score (nSPS) is 39.0. The molecule has 1 heterocycles. The summed E-state index contributed by atoms with van der Waals surface area (Å²) in [7, 11) is 0. The van der Waals surface area contributed by atoms with Gasteiger partial charge in [-0.15, -0.1) is 0 Å². The van der Waals surface area contributed by atoms with E-state index in [4.69, 9.17) is 0 Å². The molecule has 76 valence electrons. The monoisotopic (exact) mass is 182 g/mol. The summed E-state index contributed by atoms with van der Waals surface area (Å²) in [5.41, 5.74) is 0.544. The molecule has 2 nitrogen and oxygen atoms in total. The number of nitrogens with one attached hydrogen (secondary N) is 2. The smallest absolute Gasteiger partial charge is 0.0222 e. The van der Waals surface area contributed by atoms with Crippen molar-refractivity contribution in [3.63, 3.8) is 0 Å². The molecule has 0 bridgehead atoms. The van der Waals surface area contributed by atoms with Gasteiger partial charge in [-0.25, -0.2) is 0 Å². The second-order valence-corrected chi connectivity index (χ2v) is 4.58. The molecular weight excluding hydrogens is 160 g/mol. The van der Waals surface area contributed by atoms with Crippen molar-refractivity contribution in [2.45, 2.75) is 44.6 Å².